The summed E-state index contributed by atoms with van der Waals surface area (Å²) in [6.07, 6.45) is 8.67. The average Bonchev–Trinajstić information content (AvgIpc) is 3.37. The van der Waals surface area contributed by atoms with Crippen LogP contribution in [0.4, 0.5) is 15.3 Å². The standard InChI is InChI=1S/C43H60ClN5O7/c1-3-4-5-8-25-55-39(50)29-46-18-11-32(12-19-46)33-13-20-47(21-14-33)41(52)38(28-31-26-30(2)40(51)36(44)27-31)56-43(54)48-22-16-35(17-23-48)49-24-15-34-9-6-7-10-37(34)45-42(49)53/h6-7,9-10,26-27,32-33,35,38,51H,3-5,8,11-25,28-29H2,1-2H3,(H,45,53)/t38-/m1/s1. The highest BCUT2D eigenvalue weighted by atomic mass is 35.5. The lowest BCUT2D eigenvalue weighted by atomic mass is 9.78. The normalized spacial score (nSPS) is 19.6. The van der Waals surface area contributed by atoms with E-state index in [9.17, 15) is 24.3 Å². The van der Waals surface area contributed by atoms with Crippen LogP contribution in [0.1, 0.15) is 87.8 Å². The first-order chi connectivity index (χ1) is 27.1. The number of nitrogens with zero attached hydrogens (tertiary/aromatic N) is 4. The third kappa shape index (κ3) is 10.9. The van der Waals surface area contributed by atoms with Gasteiger partial charge in [-0.1, -0.05) is 62.1 Å². The van der Waals surface area contributed by atoms with Gasteiger partial charge in [-0.05, 0) is 112 Å². The second-order valence-electron chi connectivity index (χ2n) is 16.1. The smallest absolute Gasteiger partial charge is 0.410 e. The molecule has 0 aliphatic carbocycles. The molecule has 4 amide bonds. The summed E-state index contributed by atoms with van der Waals surface area (Å²) in [5, 5.41) is 13.5. The van der Waals surface area contributed by atoms with E-state index < -0.39 is 12.2 Å². The van der Waals surface area contributed by atoms with Gasteiger partial charge in [0, 0.05) is 50.9 Å². The lowest BCUT2D eigenvalue weighted by molar-refractivity contribution is -0.145. The zero-order chi connectivity index (χ0) is 39.6. The molecule has 4 aliphatic rings. The van der Waals surface area contributed by atoms with Crippen molar-refractivity contribution in [1.29, 1.82) is 0 Å². The Morgan fingerprint density at radius 2 is 1.57 bits per heavy atom. The Morgan fingerprint density at radius 3 is 2.27 bits per heavy atom. The number of benzene rings is 2. The van der Waals surface area contributed by atoms with Crippen molar-refractivity contribution in [2.75, 3.05) is 64.3 Å². The van der Waals surface area contributed by atoms with Gasteiger partial charge in [0.15, 0.2) is 6.10 Å². The minimum atomic E-state index is -1.05. The van der Waals surface area contributed by atoms with E-state index in [4.69, 9.17) is 21.1 Å². The van der Waals surface area contributed by atoms with E-state index in [1.54, 1.807) is 24.0 Å². The minimum absolute atomic E-state index is 0.00854. The summed E-state index contributed by atoms with van der Waals surface area (Å²) in [5.74, 6) is 0.670. The second-order valence-corrected chi connectivity index (χ2v) is 16.5. The molecule has 3 fully saturated rings. The molecule has 0 aromatic heterocycles. The number of fused-ring (bicyclic) bond motifs is 1. The number of hydrogen-bond acceptors (Lipinski definition) is 8. The molecule has 6 rings (SSSR count). The first-order valence-electron chi connectivity index (χ1n) is 20.9. The molecule has 306 valence electrons. The second kappa shape index (κ2) is 19.9. The number of carbonyl (C=O) groups excluding carboxylic acids is 4. The van der Waals surface area contributed by atoms with Gasteiger partial charge < -0.3 is 34.6 Å². The number of piperidine rings is 3. The number of esters is 1. The molecule has 2 aromatic carbocycles. The number of anilines is 1. The van der Waals surface area contributed by atoms with Crippen molar-refractivity contribution in [3.05, 3.63) is 58.1 Å². The first kappa shape index (κ1) is 41.6. The number of ether oxygens (including phenoxy) is 2. The number of para-hydroxylation sites is 1. The number of aromatic hydroxyl groups is 1. The lowest BCUT2D eigenvalue weighted by Gasteiger charge is -2.41. The molecule has 0 bridgehead atoms. The van der Waals surface area contributed by atoms with Crippen molar-refractivity contribution < 1.29 is 33.8 Å². The number of hydrogen-bond donors (Lipinski definition) is 2. The first-order valence-corrected chi connectivity index (χ1v) is 21.2. The summed E-state index contributed by atoms with van der Waals surface area (Å²) in [6.45, 7) is 9.12. The minimum Gasteiger partial charge on any atom is -0.506 e. The lowest BCUT2D eigenvalue weighted by Crippen LogP contribution is -2.52. The van der Waals surface area contributed by atoms with Crippen LogP contribution in [0.15, 0.2) is 36.4 Å². The third-order valence-electron chi connectivity index (χ3n) is 12.3. The van der Waals surface area contributed by atoms with E-state index in [1.807, 2.05) is 34.1 Å². The Hall–Kier alpha value is -4.03. The summed E-state index contributed by atoms with van der Waals surface area (Å²) >= 11 is 6.32. The van der Waals surface area contributed by atoms with Crippen molar-refractivity contribution in [2.24, 2.45) is 11.8 Å². The molecule has 0 saturated carbocycles. The van der Waals surface area contributed by atoms with Crippen molar-refractivity contribution in [2.45, 2.75) is 103 Å². The van der Waals surface area contributed by atoms with E-state index in [0.717, 1.165) is 75.7 Å². The molecule has 1 atom stereocenters. The number of halogens is 1. The fourth-order valence-electron chi connectivity index (χ4n) is 8.93. The molecule has 2 aromatic rings. The number of nitrogens with one attached hydrogen (secondary N) is 1. The van der Waals surface area contributed by atoms with Crippen molar-refractivity contribution in [3.8, 4) is 5.75 Å². The Labute approximate surface area is 336 Å². The number of carbonyl (C=O) groups is 4. The molecule has 2 N–H and O–H groups in total. The average molecular weight is 794 g/mol. The number of phenols is 1. The van der Waals surface area contributed by atoms with Gasteiger partial charge in [-0.2, -0.15) is 0 Å². The fourth-order valence-corrected chi connectivity index (χ4v) is 9.22. The largest absolute Gasteiger partial charge is 0.506 e. The molecule has 4 aliphatic heterocycles. The highest BCUT2D eigenvalue weighted by Crippen LogP contribution is 2.34. The fraction of sp³-hybridized carbons (Fsp3) is 0.628. The summed E-state index contributed by atoms with van der Waals surface area (Å²) < 4.78 is 11.5. The van der Waals surface area contributed by atoms with Crippen molar-refractivity contribution in [3.63, 3.8) is 0 Å². The van der Waals surface area contributed by atoms with Gasteiger partial charge in [-0.3, -0.25) is 14.5 Å². The quantitative estimate of drug-likeness (QED) is 0.163. The SMILES string of the molecule is CCCCCCOC(=O)CN1CCC(C2CCN(C(=O)[C@@H](Cc3cc(C)c(O)c(Cl)c3)OC(=O)N3CCC(N4CCc5ccccc5NC4=O)CC3)CC2)CC1. The van der Waals surface area contributed by atoms with Crippen LogP contribution in [0.25, 0.3) is 0 Å². The zero-order valence-corrected chi connectivity index (χ0v) is 33.9. The van der Waals surface area contributed by atoms with Crippen molar-refractivity contribution >= 4 is 41.3 Å². The predicted molar refractivity (Wildman–Crippen MR) is 216 cm³/mol. The molecule has 13 heteroatoms. The summed E-state index contributed by atoms with van der Waals surface area (Å²) in [4.78, 5) is 60.9. The maximum atomic E-state index is 14.2. The van der Waals surface area contributed by atoms with Crippen molar-refractivity contribution in [1.82, 2.24) is 19.6 Å². The van der Waals surface area contributed by atoms with Crippen LogP contribution >= 0.6 is 11.6 Å². The number of aryl methyl sites for hydroxylation is 1. The van der Waals surface area contributed by atoms with E-state index in [0.29, 0.717) is 81.7 Å². The molecule has 0 spiro atoms. The Balaban J connectivity index is 1.00. The van der Waals surface area contributed by atoms with Gasteiger partial charge in [0.1, 0.15) is 5.75 Å². The Bertz CT molecular complexity index is 1640. The maximum Gasteiger partial charge on any atom is 0.410 e. The monoisotopic (exact) mass is 793 g/mol. The zero-order valence-electron chi connectivity index (χ0n) is 33.2. The molecular weight excluding hydrogens is 734 g/mol. The molecule has 4 heterocycles. The molecule has 56 heavy (non-hydrogen) atoms. The van der Waals surface area contributed by atoms with Crippen LogP contribution in [-0.4, -0.2) is 120 Å². The number of amides is 4. The van der Waals surface area contributed by atoms with Gasteiger partial charge in [0.05, 0.1) is 18.2 Å². The van der Waals surface area contributed by atoms with Crippen LogP contribution in [0.3, 0.4) is 0 Å². The third-order valence-corrected chi connectivity index (χ3v) is 12.6. The Kier molecular flexibility index (Phi) is 14.8. The number of urea groups is 1. The topological polar surface area (TPSA) is 132 Å². The Morgan fingerprint density at radius 1 is 0.893 bits per heavy atom. The van der Waals surface area contributed by atoms with Crippen LogP contribution in [0.2, 0.25) is 5.02 Å². The highest BCUT2D eigenvalue weighted by Gasteiger charge is 2.37. The van der Waals surface area contributed by atoms with Crippen LogP contribution in [-0.2, 0) is 31.9 Å². The van der Waals surface area contributed by atoms with Gasteiger partial charge in [0.25, 0.3) is 5.91 Å². The summed E-state index contributed by atoms with van der Waals surface area (Å²) in [6, 6.07) is 11.1. The van der Waals surface area contributed by atoms with Gasteiger partial charge in [-0.15, -0.1) is 0 Å². The molecule has 12 nitrogen and oxygen atoms in total. The number of unbranched alkanes of at least 4 members (excludes halogenated alkanes) is 3. The summed E-state index contributed by atoms with van der Waals surface area (Å²) in [7, 11) is 0. The molecule has 0 radical (unpaired) electrons. The number of likely N-dealkylation sites (tertiary alicyclic amines) is 3. The van der Waals surface area contributed by atoms with Crippen LogP contribution in [0, 0.1) is 18.8 Å². The number of rotatable bonds is 13. The molecule has 3 saturated heterocycles. The van der Waals surface area contributed by atoms with E-state index >= 15 is 0 Å². The van der Waals surface area contributed by atoms with Gasteiger partial charge in [0.2, 0.25) is 0 Å². The van der Waals surface area contributed by atoms with Crippen LogP contribution < -0.4 is 5.32 Å². The summed E-state index contributed by atoms with van der Waals surface area (Å²) in [5.41, 5.74) is 3.23. The van der Waals surface area contributed by atoms with E-state index in [1.165, 1.54) is 6.42 Å². The van der Waals surface area contributed by atoms with Gasteiger partial charge >= 0.3 is 18.1 Å². The number of phenolic OH excluding ortho intramolecular Hbond substituents is 1. The van der Waals surface area contributed by atoms with E-state index in [2.05, 4.69) is 17.1 Å². The van der Waals surface area contributed by atoms with Crippen LogP contribution in [0.5, 0.6) is 5.75 Å². The maximum absolute atomic E-state index is 14.2. The van der Waals surface area contributed by atoms with E-state index in [-0.39, 0.29) is 41.1 Å². The van der Waals surface area contributed by atoms with Gasteiger partial charge in [-0.25, -0.2) is 9.59 Å². The molecule has 0 unspecified atom stereocenters. The highest BCUT2D eigenvalue weighted by molar-refractivity contribution is 6.32. The predicted octanol–water partition coefficient (Wildman–Crippen LogP) is 7.03. The molecular formula is C43H60ClN5O7.